The van der Waals surface area contributed by atoms with Crippen LogP contribution in [0.4, 0.5) is 0 Å². The van der Waals surface area contributed by atoms with Crippen LogP contribution in [0.25, 0.3) is 0 Å². The molecule has 0 spiro atoms. The van der Waals surface area contributed by atoms with Gasteiger partial charge in [-0.3, -0.25) is 0 Å². The zero-order chi connectivity index (χ0) is 20.9. The normalized spacial score (nSPS) is 23.2. The van der Waals surface area contributed by atoms with Gasteiger partial charge >= 0.3 is 0 Å². The highest BCUT2D eigenvalue weighted by molar-refractivity contribution is 6.30. The van der Waals surface area contributed by atoms with Gasteiger partial charge in [0.25, 0.3) is 0 Å². The number of para-hydroxylation sites is 1. The first-order chi connectivity index (χ1) is 13.9. The van der Waals surface area contributed by atoms with Crippen LogP contribution >= 0.6 is 11.6 Å². The van der Waals surface area contributed by atoms with Crippen LogP contribution in [0.2, 0.25) is 5.02 Å². The van der Waals surface area contributed by atoms with Gasteiger partial charge in [0, 0.05) is 28.6 Å². The van der Waals surface area contributed by atoms with Gasteiger partial charge in [-0.25, -0.2) is 0 Å². The van der Waals surface area contributed by atoms with E-state index in [2.05, 4.69) is 62.5 Å². The predicted octanol–water partition coefficient (Wildman–Crippen LogP) is 6.16. The molecule has 29 heavy (non-hydrogen) atoms. The SMILES string of the molecule is COc1ccccc1[C@]1(CCN[C@@H](C)c2ccc(Cl)cc2)CCO[C@@H](C(C)C)C1. The summed E-state index contributed by atoms with van der Waals surface area (Å²) in [6.07, 6.45) is 3.38. The third-order valence-corrected chi connectivity index (χ3v) is 6.60. The molecule has 3 atom stereocenters. The highest BCUT2D eigenvalue weighted by atomic mass is 35.5. The largest absolute Gasteiger partial charge is 0.496 e. The molecular weight excluding hydrogens is 382 g/mol. The average Bonchev–Trinajstić information content (AvgIpc) is 2.74. The van der Waals surface area contributed by atoms with E-state index in [9.17, 15) is 0 Å². The van der Waals surface area contributed by atoms with Crippen LogP contribution in [-0.4, -0.2) is 26.4 Å². The fourth-order valence-corrected chi connectivity index (χ4v) is 4.59. The highest BCUT2D eigenvalue weighted by Gasteiger charge is 2.40. The third-order valence-electron chi connectivity index (χ3n) is 6.35. The van der Waals surface area contributed by atoms with Gasteiger partial charge < -0.3 is 14.8 Å². The monoisotopic (exact) mass is 415 g/mol. The molecule has 4 heteroatoms. The molecule has 3 rings (SSSR count). The van der Waals surface area contributed by atoms with Crippen molar-refractivity contribution in [3.8, 4) is 5.75 Å². The van der Waals surface area contributed by atoms with Crippen molar-refractivity contribution in [2.24, 2.45) is 5.92 Å². The standard InChI is InChI=1S/C25H34ClNO2/c1-18(2)24-17-25(14-16-29-24,22-7-5-6-8-23(22)28-4)13-15-27-19(3)20-9-11-21(26)12-10-20/h5-12,18-19,24,27H,13-17H2,1-4H3/t19-,24+,25+/m0/s1. The van der Waals surface area contributed by atoms with Gasteiger partial charge in [0.1, 0.15) is 5.75 Å². The molecule has 0 aliphatic carbocycles. The molecule has 2 aromatic carbocycles. The third kappa shape index (κ3) is 5.33. The molecule has 0 unspecified atom stereocenters. The van der Waals surface area contributed by atoms with Crippen molar-refractivity contribution in [3.05, 3.63) is 64.7 Å². The number of benzene rings is 2. The van der Waals surface area contributed by atoms with E-state index in [-0.39, 0.29) is 17.6 Å². The molecule has 0 aromatic heterocycles. The van der Waals surface area contributed by atoms with Crippen molar-refractivity contribution in [3.63, 3.8) is 0 Å². The quantitative estimate of drug-likeness (QED) is 0.559. The highest BCUT2D eigenvalue weighted by Crippen LogP contribution is 2.45. The van der Waals surface area contributed by atoms with Crippen LogP contribution in [0.15, 0.2) is 48.5 Å². The van der Waals surface area contributed by atoms with Gasteiger partial charge in [0.15, 0.2) is 0 Å². The lowest BCUT2D eigenvalue weighted by Gasteiger charge is -2.43. The fourth-order valence-electron chi connectivity index (χ4n) is 4.47. The lowest BCUT2D eigenvalue weighted by atomic mass is 9.68. The van der Waals surface area contributed by atoms with E-state index in [4.69, 9.17) is 21.1 Å². The molecule has 0 radical (unpaired) electrons. The van der Waals surface area contributed by atoms with Crippen molar-refractivity contribution in [2.75, 3.05) is 20.3 Å². The number of rotatable bonds is 8. The minimum Gasteiger partial charge on any atom is -0.496 e. The van der Waals surface area contributed by atoms with Gasteiger partial charge in [0.2, 0.25) is 0 Å². The van der Waals surface area contributed by atoms with Gasteiger partial charge in [-0.15, -0.1) is 0 Å². The lowest BCUT2D eigenvalue weighted by Crippen LogP contribution is -2.43. The maximum atomic E-state index is 6.12. The zero-order valence-electron chi connectivity index (χ0n) is 18.1. The second-order valence-electron chi connectivity index (χ2n) is 8.57. The smallest absolute Gasteiger partial charge is 0.122 e. The number of methoxy groups -OCH3 is 1. The number of ether oxygens (including phenoxy) is 2. The summed E-state index contributed by atoms with van der Waals surface area (Å²) in [6, 6.07) is 16.9. The lowest BCUT2D eigenvalue weighted by molar-refractivity contribution is -0.0474. The van der Waals surface area contributed by atoms with Crippen LogP contribution in [0, 0.1) is 5.92 Å². The van der Waals surface area contributed by atoms with Crippen LogP contribution in [0.3, 0.4) is 0 Å². The van der Waals surface area contributed by atoms with Gasteiger partial charge in [-0.1, -0.05) is 55.8 Å². The van der Waals surface area contributed by atoms with Crippen molar-refractivity contribution < 1.29 is 9.47 Å². The van der Waals surface area contributed by atoms with Crippen LogP contribution in [-0.2, 0) is 10.2 Å². The van der Waals surface area contributed by atoms with Crippen molar-refractivity contribution in [2.45, 2.75) is 57.6 Å². The Morgan fingerprint density at radius 2 is 1.86 bits per heavy atom. The Morgan fingerprint density at radius 3 is 2.55 bits per heavy atom. The summed E-state index contributed by atoms with van der Waals surface area (Å²) >= 11 is 6.03. The summed E-state index contributed by atoms with van der Waals surface area (Å²) < 4.78 is 11.9. The number of hydrogen-bond donors (Lipinski definition) is 1. The van der Waals surface area contributed by atoms with Crippen LogP contribution in [0.1, 0.15) is 57.2 Å². The topological polar surface area (TPSA) is 30.5 Å². The first-order valence-electron chi connectivity index (χ1n) is 10.7. The van der Waals surface area contributed by atoms with Crippen molar-refractivity contribution in [1.29, 1.82) is 0 Å². The van der Waals surface area contributed by atoms with Crippen molar-refractivity contribution >= 4 is 11.6 Å². The van der Waals surface area contributed by atoms with Gasteiger partial charge in [-0.2, -0.15) is 0 Å². The number of nitrogens with one attached hydrogen (secondary N) is 1. The van der Waals surface area contributed by atoms with Gasteiger partial charge in [-0.05, 0) is 62.4 Å². The maximum Gasteiger partial charge on any atom is 0.122 e. The van der Waals surface area contributed by atoms with E-state index < -0.39 is 0 Å². The molecule has 1 aliphatic rings. The summed E-state index contributed by atoms with van der Waals surface area (Å²) in [5, 5.41) is 4.49. The maximum absolute atomic E-state index is 6.12. The van der Waals surface area contributed by atoms with E-state index in [1.54, 1.807) is 7.11 Å². The first-order valence-corrected chi connectivity index (χ1v) is 11.1. The van der Waals surface area contributed by atoms with E-state index in [1.807, 2.05) is 12.1 Å². The van der Waals surface area contributed by atoms with E-state index in [0.29, 0.717) is 5.92 Å². The first kappa shape index (κ1) is 22.1. The molecule has 1 heterocycles. The summed E-state index contributed by atoms with van der Waals surface area (Å²) in [4.78, 5) is 0. The summed E-state index contributed by atoms with van der Waals surface area (Å²) in [5.41, 5.74) is 2.64. The molecular formula is C25H34ClNO2. The molecule has 0 bridgehead atoms. The minimum absolute atomic E-state index is 0.0620. The van der Waals surface area contributed by atoms with E-state index >= 15 is 0 Å². The number of hydrogen-bond acceptors (Lipinski definition) is 3. The molecule has 158 valence electrons. The Balaban J connectivity index is 1.77. The molecule has 0 amide bonds. The Bertz CT molecular complexity index is 777. The molecule has 1 fully saturated rings. The van der Waals surface area contributed by atoms with Crippen LogP contribution < -0.4 is 10.1 Å². The second kappa shape index (κ2) is 9.97. The van der Waals surface area contributed by atoms with E-state index in [1.165, 1.54) is 11.1 Å². The molecule has 3 nitrogen and oxygen atoms in total. The summed E-state index contributed by atoms with van der Waals surface area (Å²) in [6.45, 7) is 8.45. The predicted molar refractivity (Wildman–Crippen MR) is 121 cm³/mol. The number of halogens is 1. The summed E-state index contributed by atoms with van der Waals surface area (Å²) in [5.74, 6) is 1.49. The molecule has 1 saturated heterocycles. The molecule has 1 aliphatic heterocycles. The Morgan fingerprint density at radius 1 is 1.14 bits per heavy atom. The molecule has 1 N–H and O–H groups in total. The van der Waals surface area contributed by atoms with Gasteiger partial charge in [0.05, 0.1) is 13.2 Å². The van der Waals surface area contributed by atoms with Crippen LogP contribution in [0.5, 0.6) is 5.75 Å². The van der Waals surface area contributed by atoms with Crippen molar-refractivity contribution in [1.82, 2.24) is 5.32 Å². The Hall–Kier alpha value is -1.55. The zero-order valence-corrected chi connectivity index (χ0v) is 18.8. The molecule has 0 saturated carbocycles. The average molecular weight is 416 g/mol. The molecule has 2 aromatic rings. The minimum atomic E-state index is 0.0620. The Kier molecular flexibility index (Phi) is 7.61. The van der Waals surface area contributed by atoms with E-state index in [0.717, 1.165) is 43.2 Å². The Labute approximate surface area is 180 Å². The fraction of sp³-hybridized carbons (Fsp3) is 0.520. The second-order valence-corrected chi connectivity index (χ2v) is 9.00. The summed E-state index contributed by atoms with van der Waals surface area (Å²) in [7, 11) is 1.77.